The largest absolute Gasteiger partial charge is 0.457 e. The monoisotopic (exact) mass is 354 g/mol. The van der Waals surface area contributed by atoms with Gasteiger partial charge >= 0.3 is 0 Å². The Balaban J connectivity index is 1.58. The van der Waals surface area contributed by atoms with Crippen LogP contribution in [0.2, 0.25) is 5.02 Å². The van der Waals surface area contributed by atoms with Crippen LogP contribution in [0.25, 0.3) is 0 Å². The number of ether oxygens (including phenoxy) is 1. The molecule has 0 saturated carbocycles. The van der Waals surface area contributed by atoms with Gasteiger partial charge in [-0.25, -0.2) is 4.98 Å². The number of hydrogen-bond donors (Lipinski definition) is 0. The van der Waals surface area contributed by atoms with Crippen LogP contribution in [0, 0.1) is 5.92 Å². The van der Waals surface area contributed by atoms with Crippen molar-refractivity contribution in [3.8, 4) is 11.5 Å². The predicted octanol–water partition coefficient (Wildman–Crippen LogP) is 5.24. The number of halogens is 1. The topological polar surface area (TPSA) is 44.1 Å². The molecular weight excluding hydrogens is 336 g/mol. The molecule has 3 rings (SSSR count). The minimum Gasteiger partial charge on any atom is -0.457 e. The fraction of sp³-hybridized carbons (Fsp3) is 0.200. The van der Waals surface area contributed by atoms with Crippen LogP contribution < -0.4 is 4.74 Å². The lowest BCUT2D eigenvalue weighted by Crippen LogP contribution is -2.13. The van der Waals surface area contributed by atoms with Crippen molar-refractivity contribution < 1.29 is 9.53 Å². The van der Waals surface area contributed by atoms with E-state index in [0.717, 1.165) is 13.0 Å². The minimum absolute atomic E-state index is 0.0505. The molecule has 0 N–H and O–H groups in total. The molecule has 0 aliphatic heterocycles. The quantitative estimate of drug-likeness (QED) is 0.545. The van der Waals surface area contributed by atoms with Crippen LogP contribution >= 0.6 is 11.6 Å². The average Bonchev–Trinajstić information content (AvgIpc) is 3.15. The maximum atomic E-state index is 12.5. The molecule has 0 spiro atoms. The van der Waals surface area contributed by atoms with Crippen molar-refractivity contribution in [3.63, 3.8) is 0 Å². The van der Waals surface area contributed by atoms with Gasteiger partial charge in [0.25, 0.3) is 0 Å². The number of benzene rings is 2. The molecule has 4 nitrogen and oxygen atoms in total. The summed E-state index contributed by atoms with van der Waals surface area (Å²) in [6.45, 7) is 2.74. The SMILES string of the molecule is CC(CCn1ccnc1)C(=O)c1ccc(Oc2ccc(Cl)cc2)cc1. The van der Waals surface area contributed by atoms with Gasteiger partial charge in [0, 0.05) is 35.4 Å². The molecule has 128 valence electrons. The van der Waals surface area contributed by atoms with Gasteiger partial charge in [-0.3, -0.25) is 4.79 Å². The Morgan fingerprint density at radius 2 is 1.76 bits per heavy atom. The second-order valence-corrected chi connectivity index (χ2v) is 6.37. The summed E-state index contributed by atoms with van der Waals surface area (Å²) >= 11 is 5.86. The van der Waals surface area contributed by atoms with E-state index in [9.17, 15) is 4.79 Å². The van der Waals surface area contributed by atoms with Crippen LogP contribution in [0.1, 0.15) is 23.7 Å². The number of carbonyl (C=O) groups excluding carboxylic acids is 1. The number of imidazole rings is 1. The second-order valence-electron chi connectivity index (χ2n) is 5.93. The van der Waals surface area contributed by atoms with Gasteiger partial charge in [-0.1, -0.05) is 18.5 Å². The summed E-state index contributed by atoms with van der Waals surface area (Å²) in [4.78, 5) is 16.5. The number of hydrogen-bond acceptors (Lipinski definition) is 3. The lowest BCUT2D eigenvalue weighted by molar-refractivity contribution is 0.0921. The van der Waals surface area contributed by atoms with Gasteiger partial charge in [0.1, 0.15) is 11.5 Å². The Hall–Kier alpha value is -2.59. The molecule has 0 radical (unpaired) electrons. The van der Waals surface area contributed by atoms with Gasteiger partial charge in [-0.2, -0.15) is 0 Å². The summed E-state index contributed by atoms with van der Waals surface area (Å²) < 4.78 is 7.72. The fourth-order valence-electron chi connectivity index (χ4n) is 2.50. The zero-order chi connectivity index (χ0) is 17.6. The third kappa shape index (κ3) is 4.70. The van der Waals surface area contributed by atoms with E-state index >= 15 is 0 Å². The zero-order valence-electron chi connectivity index (χ0n) is 13.9. The number of aromatic nitrogens is 2. The Morgan fingerprint density at radius 3 is 2.36 bits per heavy atom. The third-order valence-electron chi connectivity index (χ3n) is 4.02. The molecule has 1 aromatic heterocycles. The highest BCUT2D eigenvalue weighted by Crippen LogP contribution is 2.24. The van der Waals surface area contributed by atoms with E-state index in [4.69, 9.17) is 16.3 Å². The van der Waals surface area contributed by atoms with Crippen LogP contribution in [0.3, 0.4) is 0 Å². The Labute approximate surface area is 152 Å². The van der Waals surface area contributed by atoms with Gasteiger partial charge < -0.3 is 9.30 Å². The first-order valence-electron chi connectivity index (χ1n) is 8.15. The average molecular weight is 355 g/mol. The van der Waals surface area contributed by atoms with Crippen molar-refractivity contribution in [1.82, 2.24) is 9.55 Å². The Morgan fingerprint density at radius 1 is 1.12 bits per heavy atom. The fourth-order valence-corrected chi connectivity index (χ4v) is 2.63. The minimum atomic E-state index is -0.0505. The molecule has 0 fully saturated rings. The van der Waals surface area contributed by atoms with Crippen molar-refractivity contribution in [2.75, 3.05) is 0 Å². The van der Waals surface area contributed by atoms with Gasteiger partial charge in [0.2, 0.25) is 0 Å². The molecule has 0 aliphatic rings. The number of carbonyl (C=O) groups is 1. The van der Waals surface area contributed by atoms with E-state index < -0.39 is 0 Å². The lowest BCUT2D eigenvalue weighted by atomic mass is 9.96. The first-order chi connectivity index (χ1) is 12.1. The van der Waals surface area contributed by atoms with Crippen LogP contribution in [-0.4, -0.2) is 15.3 Å². The van der Waals surface area contributed by atoms with E-state index in [1.165, 1.54) is 0 Å². The van der Waals surface area contributed by atoms with Crippen molar-refractivity contribution in [2.24, 2.45) is 5.92 Å². The number of aryl methyl sites for hydroxylation is 1. The third-order valence-corrected chi connectivity index (χ3v) is 4.27. The maximum Gasteiger partial charge on any atom is 0.165 e. The molecule has 5 heteroatoms. The molecule has 0 aliphatic carbocycles. The van der Waals surface area contributed by atoms with Crippen LogP contribution in [-0.2, 0) is 6.54 Å². The van der Waals surface area contributed by atoms with Gasteiger partial charge in [0.05, 0.1) is 6.33 Å². The normalized spacial score (nSPS) is 11.9. The molecule has 1 atom stereocenters. The molecule has 0 amide bonds. The summed E-state index contributed by atoms with van der Waals surface area (Å²) in [5.41, 5.74) is 0.696. The highest BCUT2D eigenvalue weighted by Gasteiger charge is 2.15. The smallest absolute Gasteiger partial charge is 0.165 e. The van der Waals surface area contributed by atoms with Crippen molar-refractivity contribution >= 4 is 17.4 Å². The van der Waals surface area contributed by atoms with E-state index in [0.29, 0.717) is 22.1 Å². The standard InChI is InChI=1S/C20H19ClN2O2/c1-15(10-12-23-13-11-22-14-23)20(24)16-2-6-18(7-3-16)25-19-8-4-17(21)5-9-19/h2-9,11,13-15H,10,12H2,1H3. The predicted molar refractivity (Wildman–Crippen MR) is 98.3 cm³/mol. The highest BCUT2D eigenvalue weighted by molar-refractivity contribution is 6.30. The van der Waals surface area contributed by atoms with E-state index in [1.54, 1.807) is 48.9 Å². The highest BCUT2D eigenvalue weighted by atomic mass is 35.5. The number of ketones is 1. The van der Waals surface area contributed by atoms with Gasteiger partial charge in [0.15, 0.2) is 5.78 Å². The number of Topliss-reactive ketones (excluding diaryl/α,β-unsaturated/α-hetero) is 1. The van der Waals surface area contributed by atoms with Gasteiger partial charge in [-0.05, 0) is 55.0 Å². The van der Waals surface area contributed by atoms with Crippen molar-refractivity contribution in [2.45, 2.75) is 19.9 Å². The lowest BCUT2D eigenvalue weighted by Gasteiger charge is -2.12. The van der Waals surface area contributed by atoms with E-state index in [-0.39, 0.29) is 11.7 Å². The molecule has 1 heterocycles. The summed E-state index contributed by atoms with van der Waals surface area (Å²) in [6, 6.07) is 14.4. The maximum absolute atomic E-state index is 12.5. The second kappa shape index (κ2) is 7.99. The van der Waals surface area contributed by atoms with Gasteiger partial charge in [-0.15, -0.1) is 0 Å². The Bertz CT molecular complexity index is 812. The molecule has 1 unspecified atom stereocenters. The molecule has 0 bridgehead atoms. The van der Waals surface area contributed by atoms with Crippen LogP contribution in [0.4, 0.5) is 0 Å². The van der Waals surface area contributed by atoms with Crippen molar-refractivity contribution in [3.05, 3.63) is 77.8 Å². The summed E-state index contributed by atoms with van der Waals surface area (Å²) in [5, 5.41) is 0.665. The molecule has 2 aromatic carbocycles. The number of rotatable bonds is 7. The van der Waals surface area contributed by atoms with E-state index in [1.807, 2.05) is 29.8 Å². The molecule has 25 heavy (non-hydrogen) atoms. The molecule has 0 saturated heterocycles. The van der Waals surface area contributed by atoms with Crippen LogP contribution in [0.15, 0.2) is 67.3 Å². The summed E-state index contributed by atoms with van der Waals surface area (Å²) in [5.74, 6) is 1.48. The first kappa shape index (κ1) is 17.2. The molecular formula is C20H19ClN2O2. The van der Waals surface area contributed by atoms with E-state index in [2.05, 4.69) is 4.98 Å². The summed E-state index contributed by atoms with van der Waals surface area (Å²) in [7, 11) is 0. The number of nitrogens with zero attached hydrogens (tertiary/aromatic N) is 2. The molecule has 3 aromatic rings. The first-order valence-corrected chi connectivity index (χ1v) is 8.53. The van der Waals surface area contributed by atoms with Crippen molar-refractivity contribution in [1.29, 1.82) is 0 Å². The summed E-state index contributed by atoms with van der Waals surface area (Å²) in [6.07, 6.45) is 6.18. The zero-order valence-corrected chi connectivity index (χ0v) is 14.7. The van der Waals surface area contributed by atoms with Crippen LogP contribution in [0.5, 0.6) is 11.5 Å². The Kier molecular flexibility index (Phi) is 5.51.